The summed E-state index contributed by atoms with van der Waals surface area (Å²) in [6, 6.07) is 2.21. The van der Waals surface area contributed by atoms with Gasteiger partial charge in [-0.1, -0.05) is 6.92 Å². The van der Waals surface area contributed by atoms with Crippen LogP contribution in [-0.4, -0.2) is 28.5 Å². The second kappa shape index (κ2) is 5.85. The van der Waals surface area contributed by atoms with E-state index in [0.29, 0.717) is 0 Å². The van der Waals surface area contributed by atoms with Gasteiger partial charge in [0.25, 0.3) is 0 Å². The zero-order valence-electron chi connectivity index (χ0n) is 11.8. The molecule has 2 heterocycles. The van der Waals surface area contributed by atoms with E-state index in [9.17, 15) is 0 Å². The molecule has 1 atom stereocenters. The van der Waals surface area contributed by atoms with Crippen LogP contribution in [0.2, 0.25) is 0 Å². The summed E-state index contributed by atoms with van der Waals surface area (Å²) >= 11 is 0. The van der Waals surface area contributed by atoms with Crippen molar-refractivity contribution in [3.8, 4) is 0 Å². The van der Waals surface area contributed by atoms with Crippen molar-refractivity contribution in [1.82, 2.24) is 15.1 Å². The molecule has 1 N–H and O–H groups in total. The predicted molar refractivity (Wildman–Crippen MR) is 72.6 cm³/mol. The van der Waals surface area contributed by atoms with Crippen molar-refractivity contribution in [1.29, 1.82) is 0 Å². The number of rotatable bonds is 5. The van der Waals surface area contributed by atoms with Crippen molar-refractivity contribution in [3.63, 3.8) is 0 Å². The van der Waals surface area contributed by atoms with Crippen LogP contribution in [0.1, 0.15) is 45.0 Å². The Labute approximate surface area is 110 Å². The van der Waals surface area contributed by atoms with Gasteiger partial charge in [-0.3, -0.25) is 4.68 Å². The average molecular weight is 251 g/mol. The lowest BCUT2D eigenvalue weighted by atomic mass is 9.95. The van der Waals surface area contributed by atoms with E-state index in [1.54, 1.807) is 0 Å². The van der Waals surface area contributed by atoms with Gasteiger partial charge in [-0.2, -0.15) is 5.10 Å². The first-order chi connectivity index (χ1) is 8.67. The van der Waals surface area contributed by atoms with Crippen molar-refractivity contribution < 1.29 is 4.74 Å². The SMILES string of the molecule is CCc1cc(CNC2(C)CCCOC2)n(CC)n1. The molecule has 0 bridgehead atoms. The highest BCUT2D eigenvalue weighted by Gasteiger charge is 2.27. The molecule has 0 spiro atoms. The third-order valence-corrected chi connectivity index (χ3v) is 3.71. The molecule has 4 heteroatoms. The van der Waals surface area contributed by atoms with E-state index >= 15 is 0 Å². The smallest absolute Gasteiger partial charge is 0.0645 e. The Morgan fingerprint density at radius 2 is 2.33 bits per heavy atom. The van der Waals surface area contributed by atoms with Crippen LogP contribution in [0.4, 0.5) is 0 Å². The summed E-state index contributed by atoms with van der Waals surface area (Å²) in [5, 5.41) is 8.22. The summed E-state index contributed by atoms with van der Waals surface area (Å²) in [5.74, 6) is 0. The molecule has 0 aromatic carbocycles. The highest BCUT2D eigenvalue weighted by Crippen LogP contribution is 2.19. The summed E-state index contributed by atoms with van der Waals surface area (Å²) in [7, 11) is 0. The summed E-state index contributed by atoms with van der Waals surface area (Å²) in [5.41, 5.74) is 2.58. The van der Waals surface area contributed by atoms with Crippen LogP contribution in [0.25, 0.3) is 0 Å². The molecule has 4 nitrogen and oxygen atoms in total. The molecule has 1 unspecified atom stereocenters. The minimum atomic E-state index is 0.119. The van der Waals surface area contributed by atoms with E-state index in [1.165, 1.54) is 17.8 Å². The molecule has 1 aliphatic rings. The average Bonchev–Trinajstić information content (AvgIpc) is 2.80. The van der Waals surface area contributed by atoms with Crippen molar-refractivity contribution in [3.05, 3.63) is 17.5 Å². The highest BCUT2D eigenvalue weighted by molar-refractivity contribution is 5.11. The quantitative estimate of drug-likeness (QED) is 0.871. The third-order valence-electron chi connectivity index (χ3n) is 3.71. The Morgan fingerprint density at radius 3 is 2.94 bits per heavy atom. The summed E-state index contributed by atoms with van der Waals surface area (Å²) in [6.07, 6.45) is 3.34. The first-order valence-corrected chi connectivity index (χ1v) is 7.05. The molecule has 0 saturated carbocycles. The molecule has 2 rings (SSSR count). The fourth-order valence-corrected chi connectivity index (χ4v) is 2.48. The largest absolute Gasteiger partial charge is 0.380 e. The van der Waals surface area contributed by atoms with Gasteiger partial charge >= 0.3 is 0 Å². The normalized spacial score (nSPS) is 24.4. The lowest BCUT2D eigenvalue weighted by Gasteiger charge is -2.34. The molecule has 0 amide bonds. The minimum Gasteiger partial charge on any atom is -0.380 e. The van der Waals surface area contributed by atoms with Crippen molar-refractivity contribution in [2.24, 2.45) is 0 Å². The molecule has 102 valence electrons. The Morgan fingerprint density at radius 1 is 1.50 bits per heavy atom. The fourth-order valence-electron chi connectivity index (χ4n) is 2.48. The molecule has 1 aromatic heterocycles. The van der Waals surface area contributed by atoms with Crippen LogP contribution in [0.3, 0.4) is 0 Å². The van der Waals surface area contributed by atoms with Crippen LogP contribution < -0.4 is 5.32 Å². The van der Waals surface area contributed by atoms with Crippen LogP contribution in [-0.2, 0) is 24.2 Å². The van der Waals surface area contributed by atoms with Crippen LogP contribution in [0.5, 0.6) is 0 Å². The first kappa shape index (κ1) is 13.6. The lowest BCUT2D eigenvalue weighted by molar-refractivity contribution is 0.0275. The maximum absolute atomic E-state index is 5.57. The van der Waals surface area contributed by atoms with Crippen LogP contribution in [0.15, 0.2) is 6.07 Å². The maximum atomic E-state index is 5.57. The van der Waals surface area contributed by atoms with Gasteiger partial charge in [0.1, 0.15) is 0 Å². The van der Waals surface area contributed by atoms with Crippen LogP contribution >= 0.6 is 0 Å². The number of hydrogen-bond acceptors (Lipinski definition) is 3. The number of aryl methyl sites for hydroxylation is 2. The standard InChI is InChI=1S/C14H25N3O/c1-4-12-9-13(17(5-2)16-12)10-15-14(3)7-6-8-18-11-14/h9,15H,4-8,10-11H2,1-3H3. The van der Waals surface area contributed by atoms with Gasteiger partial charge in [-0.25, -0.2) is 0 Å². The summed E-state index contributed by atoms with van der Waals surface area (Å²) in [4.78, 5) is 0. The molecule has 1 aliphatic heterocycles. The second-order valence-corrected chi connectivity index (χ2v) is 5.37. The van der Waals surface area contributed by atoms with Crippen molar-refractivity contribution >= 4 is 0 Å². The van der Waals surface area contributed by atoms with Crippen LogP contribution in [0, 0.1) is 0 Å². The Bertz CT molecular complexity index is 380. The van der Waals surface area contributed by atoms with E-state index < -0.39 is 0 Å². The van der Waals surface area contributed by atoms with E-state index in [-0.39, 0.29) is 5.54 Å². The number of aromatic nitrogens is 2. The topological polar surface area (TPSA) is 39.1 Å². The zero-order valence-corrected chi connectivity index (χ0v) is 11.8. The monoisotopic (exact) mass is 251 g/mol. The number of nitrogens with one attached hydrogen (secondary N) is 1. The predicted octanol–water partition coefficient (Wildman–Crippen LogP) is 2.12. The number of nitrogens with zero attached hydrogens (tertiary/aromatic N) is 2. The molecule has 0 aliphatic carbocycles. The zero-order chi connectivity index (χ0) is 13.0. The van der Waals surface area contributed by atoms with Gasteiger partial charge in [-0.05, 0) is 39.2 Å². The Kier molecular flexibility index (Phi) is 4.40. The molecule has 1 saturated heterocycles. The Balaban J connectivity index is 1.98. The molecular formula is C14H25N3O. The fraction of sp³-hybridized carbons (Fsp3) is 0.786. The van der Waals surface area contributed by atoms with Crippen molar-refractivity contribution in [2.75, 3.05) is 13.2 Å². The third kappa shape index (κ3) is 3.12. The van der Waals surface area contributed by atoms with Gasteiger partial charge in [0, 0.05) is 25.2 Å². The van der Waals surface area contributed by atoms with E-state index in [1.807, 2.05) is 0 Å². The van der Waals surface area contributed by atoms with E-state index in [2.05, 4.69) is 41.9 Å². The lowest BCUT2D eigenvalue weighted by Crippen LogP contribution is -2.48. The minimum absolute atomic E-state index is 0.119. The Hall–Kier alpha value is -0.870. The van der Waals surface area contributed by atoms with Gasteiger partial charge in [0.05, 0.1) is 18.0 Å². The van der Waals surface area contributed by atoms with Gasteiger partial charge < -0.3 is 10.1 Å². The molecule has 0 radical (unpaired) electrons. The van der Waals surface area contributed by atoms with E-state index in [4.69, 9.17) is 4.74 Å². The summed E-state index contributed by atoms with van der Waals surface area (Å²) < 4.78 is 7.67. The molecule has 18 heavy (non-hydrogen) atoms. The first-order valence-electron chi connectivity index (χ1n) is 7.05. The molecular weight excluding hydrogens is 226 g/mol. The highest BCUT2D eigenvalue weighted by atomic mass is 16.5. The summed E-state index contributed by atoms with van der Waals surface area (Å²) in [6.45, 7) is 10.1. The number of hydrogen-bond donors (Lipinski definition) is 1. The number of ether oxygens (including phenoxy) is 1. The van der Waals surface area contributed by atoms with E-state index in [0.717, 1.165) is 39.1 Å². The van der Waals surface area contributed by atoms with Gasteiger partial charge in [-0.15, -0.1) is 0 Å². The van der Waals surface area contributed by atoms with Gasteiger partial charge in [0.15, 0.2) is 0 Å². The second-order valence-electron chi connectivity index (χ2n) is 5.37. The van der Waals surface area contributed by atoms with Gasteiger partial charge in [0.2, 0.25) is 0 Å². The molecule has 1 aromatic rings. The molecule has 1 fully saturated rings. The maximum Gasteiger partial charge on any atom is 0.0645 e. The van der Waals surface area contributed by atoms with Crippen molar-refractivity contribution in [2.45, 2.75) is 58.7 Å².